The minimum atomic E-state index is 0.0490. The van der Waals surface area contributed by atoms with Crippen molar-refractivity contribution in [2.45, 2.75) is 25.7 Å². The average Bonchev–Trinajstić information content (AvgIpc) is 3.22. The molecule has 5 heteroatoms. The van der Waals surface area contributed by atoms with Gasteiger partial charge < -0.3 is 18.9 Å². The Kier molecular flexibility index (Phi) is 4.89. The molecule has 1 N–H and O–H groups in total. The fourth-order valence-electron chi connectivity index (χ4n) is 2.84. The van der Waals surface area contributed by atoms with Crippen LogP contribution in [0.15, 0.2) is 45.4 Å². The summed E-state index contributed by atoms with van der Waals surface area (Å²) in [6, 6.07) is 9.59. The minimum Gasteiger partial charge on any atom is -0.497 e. The van der Waals surface area contributed by atoms with Crippen molar-refractivity contribution in [1.29, 1.82) is 0 Å². The van der Waals surface area contributed by atoms with Crippen LogP contribution in [0.25, 0.3) is 11.0 Å². The Morgan fingerprint density at radius 1 is 1.29 bits per heavy atom. The van der Waals surface area contributed by atoms with E-state index in [0.717, 1.165) is 46.6 Å². The van der Waals surface area contributed by atoms with E-state index >= 15 is 0 Å². The highest BCUT2D eigenvalue weighted by molar-refractivity contribution is 5.84. The molecule has 0 spiro atoms. The van der Waals surface area contributed by atoms with Gasteiger partial charge in [0, 0.05) is 24.4 Å². The number of fused-ring (bicyclic) bond motifs is 1. The van der Waals surface area contributed by atoms with Crippen molar-refractivity contribution in [2.75, 3.05) is 14.2 Å². The predicted molar refractivity (Wildman–Crippen MR) is 91.3 cm³/mol. The van der Waals surface area contributed by atoms with Crippen LogP contribution in [-0.2, 0) is 17.6 Å². The smallest absolute Gasteiger partial charge is 0.219 e. The van der Waals surface area contributed by atoms with Gasteiger partial charge in [-0.2, -0.15) is 0 Å². The fourth-order valence-corrected chi connectivity index (χ4v) is 2.84. The van der Waals surface area contributed by atoms with E-state index in [4.69, 9.17) is 13.6 Å². The van der Waals surface area contributed by atoms with Crippen molar-refractivity contribution in [3.8, 4) is 5.75 Å². The maximum Gasteiger partial charge on any atom is 0.219 e. The first kappa shape index (κ1) is 16.2. The summed E-state index contributed by atoms with van der Waals surface area (Å²) in [5.74, 6) is 2.58. The van der Waals surface area contributed by atoms with E-state index in [2.05, 4.69) is 5.32 Å². The largest absolute Gasteiger partial charge is 0.497 e. The molecular formula is C19H21NO4. The topological polar surface area (TPSA) is 64.6 Å². The normalized spacial score (nSPS) is 10.9. The zero-order valence-corrected chi connectivity index (χ0v) is 13.9. The first-order valence-electron chi connectivity index (χ1n) is 8.02. The van der Waals surface area contributed by atoms with E-state index in [-0.39, 0.29) is 5.91 Å². The lowest BCUT2D eigenvalue weighted by Crippen LogP contribution is -2.17. The maximum absolute atomic E-state index is 11.5. The summed E-state index contributed by atoms with van der Waals surface area (Å²) in [5, 5.41) is 3.69. The number of carbonyl (C=O) groups is 1. The van der Waals surface area contributed by atoms with Crippen molar-refractivity contribution in [2.24, 2.45) is 0 Å². The number of benzene rings is 1. The SMILES string of the molecule is CNC(=O)CCCc1c(Cc2ccco2)oc2ccc(OC)cc12. The Bertz CT molecular complexity index is 817. The van der Waals surface area contributed by atoms with Gasteiger partial charge in [-0.1, -0.05) is 0 Å². The molecular weight excluding hydrogens is 306 g/mol. The van der Waals surface area contributed by atoms with Crippen molar-refractivity contribution < 1.29 is 18.4 Å². The molecule has 1 aromatic carbocycles. The van der Waals surface area contributed by atoms with Crippen LogP contribution in [0, 0.1) is 0 Å². The Morgan fingerprint density at radius 2 is 2.17 bits per heavy atom. The zero-order chi connectivity index (χ0) is 16.9. The molecule has 24 heavy (non-hydrogen) atoms. The lowest BCUT2D eigenvalue weighted by molar-refractivity contribution is -0.120. The molecule has 2 heterocycles. The zero-order valence-electron chi connectivity index (χ0n) is 13.9. The highest BCUT2D eigenvalue weighted by Gasteiger charge is 2.16. The first-order chi connectivity index (χ1) is 11.7. The van der Waals surface area contributed by atoms with Gasteiger partial charge in [0.15, 0.2) is 0 Å². The maximum atomic E-state index is 11.5. The third kappa shape index (κ3) is 3.45. The van der Waals surface area contributed by atoms with Crippen LogP contribution < -0.4 is 10.1 Å². The fraction of sp³-hybridized carbons (Fsp3) is 0.316. The number of ether oxygens (including phenoxy) is 1. The van der Waals surface area contributed by atoms with Gasteiger partial charge in [-0.15, -0.1) is 0 Å². The van der Waals surface area contributed by atoms with E-state index < -0.39 is 0 Å². The van der Waals surface area contributed by atoms with Crippen LogP contribution in [0.1, 0.15) is 29.9 Å². The number of methoxy groups -OCH3 is 1. The number of carbonyl (C=O) groups excluding carboxylic acids is 1. The van der Waals surface area contributed by atoms with E-state index in [1.807, 2.05) is 30.3 Å². The summed E-state index contributed by atoms with van der Waals surface area (Å²) in [5.41, 5.74) is 1.94. The molecule has 0 aliphatic heterocycles. The number of amides is 1. The lowest BCUT2D eigenvalue weighted by Gasteiger charge is -2.04. The van der Waals surface area contributed by atoms with E-state index in [0.29, 0.717) is 12.8 Å². The summed E-state index contributed by atoms with van der Waals surface area (Å²) in [7, 11) is 3.30. The molecule has 2 aromatic heterocycles. The molecule has 0 saturated carbocycles. The molecule has 0 fully saturated rings. The third-order valence-corrected chi connectivity index (χ3v) is 4.11. The van der Waals surface area contributed by atoms with Crippen LogP contribution in [0.2, 0.25) is 0 Å². The summed E-state index contributed by atoms with van der Waals surface area (Å²) >= 11 is 0. The van der Waals surface area contributed by atoms with Crippen LogP contribution in [0.4, 0.5) is 0 Å². The van der Waals surface area contributed by atoms with Gasteiger partial charge in [0.2, 0.25) is 5.91 Å². The molecule has 1 amide bonds. The molecule has 0 unspecified atom stereocenters. The Morgan fingerprint density at radius 3 is 2.88 bits per heavy atom. The molecule has 0 saturated heterocycles. The van der Waals surface area contributed by atoms with Crippen LogP contribution in [-0.4, -0.2) is 20.1 Å². The number of rotatable bonds is 7. The minimum absolute atomic E-state index is 0.0490. The van der Waals surface area contributed by atoms with Gasteiger partial charge in [0.25, 0.3) is 0 Å². The van der Waals surface area contributed by atoms with Gasteiger partial charge in [-0.3, -0.25) is 4.79 Å². The second-order valence-electron chi connectivity index (χ2n) is 5.65. The number of aryl methyl sites for hydroxylation is 1. The molecule has 5 nitrogen and oxygen atoms in total. The van der Waals surface area contributed by atoms with Crippen LogP contribution in [0.5, 0.6) is 5.75 Å². The second kappa shape index (κ2) is 7.25. The lowest BCUT2D eigenvalue weighted by atomic mass is 10.0. The Hall–Kier alpha value is -2.69. The van der Waals surface area contributed by atoms with Gasteiger partial charge in [-0.25, -0.2) is 0 Å². The van der Waals surface area contributed by atoms with Gasteiger partial charge in [0.1, 0.15) is 22.9 Å². The first-order valence-corrected chi connectivity index (χ1v) is 8.02. The monoisotopic (exact) mass is 327 g/mol. The summed E-state index contributed by atoms with van der Waals surface area (Å²) in [6.45, 7) is 0. The summed E-state index contributed by atoms with van der Waals surface area (Å²) < 4.78 is 16.8. The quantitative estimate of drug-likeness (QED) is 0.719. The highest BCUT2D eigenvalue weighted by Crippen LogP contribution is 2.32. The van der Waals surface area contributed by atoms with Gasteiger partial charge >= 0.3 is 0 Å². The third-order valence-electron chi connectivity index (χ3n) is 4.11. The van der Waals surface area contributed by atoms with Crippen LogP contribution >= 0.6 is 0 Å². The molecule has 0 aliphatic carbocycles. The number of hydrogen-bond donors (Lipinski definition) is 1. The van der Waals surface area contributed by atoms with Crippen molar-refractivity contribution in [3.63, 3.8) is 0 Å². The average molecular weight is 327 g/mol. The number of furan rings is 2. The molecule has 0 atom stereocenters. The summed E-state index contributed by atoms with van der Waals surface area (Å²) in [6.07, 6.45) is 4.28. The van der Waals surface area contributed by atoms with E-state index in [1.54, 1.807) is 20.4 Å². The molecule has 3 aromatic rings. The van der Waals surface area contributed by atoms with Crippen molar-refractivity contribution >= 4 is 16.9 Å². The molecule has 0 bridgehead atoms. The van der Waals surface area contributed by atoms with Crippen molar-refractivity contribution in [3.05, 3.63) is 53.7 Å². The molecule has 126 valence electrons. The second-order valence-corrected chi connectivity index (χ2v) is 5.65. The highest BCUT2D eigenvalue weighted by atomic mass is 16.5. The van der Waals surface area contributed by atoms with E-state index in [9.17, 15) is 4.79 Å². The Balaban J connectivity index is 1.92. The molecule has 3 rings (SSSR count). The summed E-state index contributed by atoms with van der Waals surface area (Å²) in [4.78, 5) is 11.5. The molecule has 0 radical (unpaired) electrons. The van der Waals surface area contributed by atoms with Crippen LogP contribution in [0.3, 0.4) is 0 Å². The van der Waals surface area contributed by atoms with Gasteiger partial charge in [-0.05, 0) is 43.2 Å². The Labute approximate surface area is 140 Å². The van der Waals surface area contributed by atoms with Gasteiger partial charge in [0.05, 0.1) is 19.8 Å². The number of nitrogens with one attached hydrogen (secondary N) is 1. The van der Waals surface area contributed by atoms with E-state index in [1.165, 1.54) is 0 Å². The number of hydrogen-bond acceptors (Lipinski definition) is 4. The molecule has 0 aliphatic rings. The van der Waals surface area contributed by atoms with Crippen molar-refractivity contribution in [1.82, 2.24) is 5.32 Å². The standard InChI is InChI=1S/C19H21NO4/c1-20-19(21)7-3-6-15-16-11-13(22-2)8-9-17(16)24-18(15)12-14-5-4-10-23-14/h4-5,8-11H,3,6-7,12H2,1-2H3,(H,20,21). The predicted octanol–water partition coefficient (Wildman–Crippen LogP) is 3.69.